The fourth-order valence-electron chi connectivity index (χ4n) is 2.06. The number of hydrogen-bond donors (Lipinski definition) is 0. The monoisotopic (exact) mass is 241 g/mol. The van der Waals surface area contributed by atoms with E-state index in [9.17, 15) is 4.79 Å². The summed E-state index contributed by atoms with van der Waals surface area (Å²) >= 11 is 0. The van der Waals surface area contributed by atoms with Crippen LogP contribution in [0.3, 0.4) is 0 Å². The van der Waals surface area contributed by atoms with Crippen LogP contribution in [0.5, 0.6) is 5.75 Å². The van der Waals surface area contributed by atoms with E-state index in [4.69, 9.17) is 9.47 Å². The third-order valence-corrected chi connectivity index (χ3v) is 2.93. The Balaban J connectivity index is 2.06. The quantitative estimate of drug-likeness (QED) is 0.757. The average molecular weight is 241 g/mol. The summed E-state index contributed by atoms with van der Waals surface area (Å²) in [5, 5.41) is 0. The summed E-state index contributed by atoms with van der Waals surface area (Å²) in [6.45, 7) is 0. The number of carbonyl (C=O) groups is 1. The van der Waals surface area contributed by atoms with Gasteiger partial charge in [0.25, 0.3) is 0 Å². The molecule has 4 nitrogen and oxygen atoms in total. The van der Waals surface area contributed by atoms with E-state index in [1.807, 2.05) is 24.3 Å². The third kappa shape index (κ3) is 1.62. The predicted molar refractivity (Wildman–Crippen MR) is 64.5 cm³/mol. The summed E-state index contributed by atoms with van der Waals surface area (Å²) in [5.41, 5.74) is 2.06. The Morgan fingerprint density at radius 3 is 3.00 bits per heavy atom. The lowest BCUT2D eigenvalue weighted by atomic mass is 10.0. The van der Waals surface area contributed by atoms with Crippen LogP contribution in [0.15, 0.2) is 42.6 Å². The SMILES string of the molecule is COc1cccc(C2OC(=O)c3cccnc32)c1. The van der Waals surface area contributed by atoms with E-state index >= 15 is 0 Å². The predicted octanol–water partition coefficient (Wildman–Crippen LogP) is 2.35. The smallest absolute Gasteiger partial charge is 0.341 e. The van der Waals surface area contributed by atoms with Gasteiger partial charge in [-0.2, -0.15) is 0 Å². The van der Waals surface area contributed by atoms with Crippen molar-refractivity contribution in [3.8, 4) is 5.75 Å². The molecular formula is C14H11NO3. The zero-order chi connectivity index (χ0) is 12.5. The summed E-state index contributed by atoms with van der Waals surface area (Å²) in [5.74, 6) is 0.402. The maximum atomic E-state index is 11.7. The fourth-order valence-corrected chi connectivity index (χ4v) is 2.06. The normalized spacial score (nSPS) is 17.2. The molecule has 1 unspecified atom stereocenters. The molecule has 1 aliphatic rings. The molecule has 1 aromatic carbocycles. The number of cyclic esters (lactones) is 1. The standard InChI is InChI=1S/C14H11NO3/c1-17-10-5-2-4-9(8-10)13-12-11(14(16)18-13)6-3-7-15-12/h2-8,13H,1H3. The van der Waals surface area contributed by atoms with E-state index in [0.29, 0.717) is 11.3 Å². The van der Waals surface area contributed by atoms with Crippen molar-refractivity contribution < 1.29 is 14.3 Å². The molecule has 0 spiro atoms. The molecule has 0 N–H and O–H groups in total. The number of rotatable bonds is 2. The maximum absolute atomic E-state index is 11.7. The van der Waals surface area contributed by atoms with Crippen LogP contribution in [0.2, 0.25) is 0 Å². The summed E-state index contributed by atoms with van der Waals surface area (Å²) in [4.78, 5) is 15.9. The van der Waals surface area contributed by atoms with Crippen molar-refractivity contribution in [2.45, 2.75) is 6.10 Å². The van der Waals surface area contributed by atoms with Crippen molar-refractivity contribution in [3.05, 3.63) is 59.4 Å². The van der Waals surface area contributed by atoms with E-state index in [2.05, 4.69) is 4.98 Å². The van der Waals surface area contributed by atoms with Crippen LogP contribution in [-0.2, 0) is 4.74 Å². The number of benzene rings is 1. The van der Waals surface area contributed by atoms with Gasteiger partial charge in [-0.1, -0.05) is 12.1 Å². The molecule has 1 aromatic heterocycles. The minimum atomic E-state index is -0.441. The molecule has 1 aliphatic heterocycles. The molecule has 1 atom stereocenters. The largest absolute Gasteiger partial charge is 0.497 e. The summed E-state index contributed by atoms with van der Waals surface area (Å²) in [6.07, 6.45) is 1.22. The van der Waals surface area contributed by atoms with Gasteiger partial charge < -0.3 is 9.47 Å². The number of carbonyl (C=O) groups excluding carboxylic acids is 1. The van der Waals surface area contributed by atoms with E-state index in [1.165, 1.54) is 0 Å². The van der Waals surface area contributed by atoms with Crippen molar-refractivity contribution in [2.24, 2.45) is 0 Å². The summed E-state index contributed by atoms with van der Waals surface area (Å²) in [6, 6.07) is 10.9. The van der Waals surface area contributed by atoms with E-state index in [0.717, 1.165) is 11.3 Å². The van der Waals surface area contributed by atoms with Crippen LogP contribution < -0.4 is 4.74 Å². The molecule has 0 amide bonds. The highest BCUT2D eigenvalue weighted by atomic mass is 16.5. The number of esters is 1. The van der Waals surface area contributed by atoms with Crippen molar-refractivity contribution in [2.75, 3.05) is 7.11 Å². The topological polar surface area (TPSA) is 48.4 Å². The Morgan fingerprint density at radius 2 is 2.17 bits per heavy atom. The Kier molecular flexibility index (Phi) is 2.48. The summed E-state index contributed by atoms with van der Waals surface area (Å²) in [7, 11) is 1.60. The Morgan fingerprint density at radius 1 is 1.28 bits per heavy atom. The lowest BCUT2D eigenvalue weighted by Gasteiger charge is -2.11. The van der Waals surface area contributed by atoms with Gasteiger partial charge in [-0.3, -0.25) is 4.98 Å². The molecule has 0 saturated heterocycles. The van der Waals surface area contributed by atoms with Crippen molar-refractivity contribution in [1.29, 1.82) is 0 Å². The zero-order valence-corrected chi connectivity index (χ0v) is 9.79. The lowest BCUT2D eigenvalue weighted by molar-refractivity contribution is 0.0452. The van der Waals surface area contributed by atoms with Gasteiger partial charge in [0.15, 0.2) is 6.10 Å². The van der Waals surface area contributed by atoms with Gasteiger partial charge >= 0.3 is 5.97 Å². The first kappa shape index (κ1) is 10.8. The van der Waals surface area contributed by atoms with Crippen LogP contribution in [0.1, 0.15) is 27.7 Å². The number of methoxy groups -OCH3 is 1. The van der Waals surface area contributed by atoms with E-state index in [1.54, 1.807) is 25.4 Å². The Labute approximate surface area is 104 Å². The second-order valence-electron chi connectivity index (χ2n) is 4.00. The molecule has 90 valence electrons. The van der Waals surface area contributed by atoms with Crippen LogP contribution in [0.4, 0.5) is 0 Å². The second-order valence-corrected chi connectivity index (χ2v) is 4.00. The molecule has 0 radical (unpaired) electrons. The Bertz CT molecular complexity index is 609. The average Bonchev–Trinajstić information content (AvgIpc) is 2.77. The maximum Gasteiger partial charge on any atom is 0.341 e. The minimum Gasteiger partial charge on any atom is -0.497 e. The van der Waals surface area contributed by atoms with Gasteiger partial charge in [0.2, 0.25) is 0 Å². The summed E-state index contributed by atoms with van der Waals surface area (Å²) < 4.78 is 10.5. The molecule has 18 heavy (non-hydrogen) atoms. The van der Waals surface area contributed by atoms with Crippen LogP contribution in [0.25, 0.3) is 0 Å². The lowest BCUT2D eigenvalue weighted by Crippen LogP contribution is -2.02. The van der Waals surface area contributed by atoms with Gasteiger partial charge in [-0.15, -0.1) is 0 Å². The number of fused-ring (bicyclic) bond motifs is 1. The van der Waals surface area contributed by atoms with Crippen LogP contribution >= 0.6 is 0 Å². The first-order chi connectivity index (χ1) is 8.79. The van der Waals surface area contributed by atoms with Crippen LogP contribution in [-0.4, -0.2) is 18.1 Å². The fraction of sp³-hybridized carbons (Fsp3) is 0.143. The number of hydrogen-bond acceptors (Lipinski definition) is 4. The van der Waals surface area contributed by atoms with Crippen molar-refractivity contribution in [1.82, 2.24) is 4.98 Å². The molecule has 0 bridgehead atoms. The van der Waals surface area contributed by atoms with Crippen molar-refractivity contribution >= 4 is 5.97 Å². The molecular weight excluding hydrogens is 230 g/mol. The Hall–Kier alpha value is -2.36. The number of nitrogens with zero attached hydrogens (tertiary/aromatic N) is 1. The highest BCUT2D eigenvalue weighted by molar-refractivity contribution is 5.93. The third-order valence-electron chi connectivity index (χ3n) is 2.93. The van der Waals surface area contributed by atoms with Gasteiger partial charge in [0, 0.05) is 11.8 Å². The zero-order valence-electron chi connectivity index (χ0n) is 9.79. The van der Waals surface area contributed by atoms with E-state index < -0.39 is 6.10 Å². The molecule has 2 aromatic rings. The first-order valence-electron chi connectivity index (χ1n) is 5.59. The van der Waals surface area contributed by atoms with Gasteiger partial charge in [-0.25, -0.2) is 4.79 Å². The molecule has 3 rings (SSSR count). The van der Waals surface area contributed by atoms with Crippen molar-refractivity contribution in [3.63, 3.8) is 0 Å². The first-order valence-corrected chi connectivity index (χ1v) is 5.59. The molecule has 0 aliphatic carbocycles. The second kappa shape index (κ2) is 4.14. The minimum absolute atomic E-state index is 0.328. The molecule has 4 heteroatoms. The van der Waals surface area contributed by atoms with Crippen LogP contribution in [0, 0.1) is 0 Å². The number of pyridine rings is 1. The highest BCUT2D eigenvalue weighted by Crippen LogP contribution is 2.35. The van der Waals surface area contributed by atoms with E-state index in [-0.39, 0.29) is 5.97 Å². The highest BCUT2D eigenvalue weighted by Gasteiger charge is 2.33. The molecule has 0 fully saturated rings. The van der Waals surface area contributed by atoms with Gasteiger partial charge in [-0.05, 0) is 24.3 Å². The van der Waals surface area contributed by atoms with Gasteiger partial charge in [0.1, 0.15) is 11.4 Å². The van der Waals surface area contributed by atoms with Gasteiger partial charge in [0.05, 0.1) is 12.7 Å². The number of aromatic nitrogens is 1. The number of ether oxygens (including phenoxy) is 2. The molecule has 2 heterocycles. The molecule has 0 saturated carbocycles.